The average Bonchev–Trinajstić information content (AvgIpc) is 2.56. The van der Waals surface area contributed by atoms with Crippen molar-refractivity contribution in [1.82, 2.24) is 9.78 Å². The second kappa shape index (κ2) is 4.92. The Morgan fingerprint density at radius 2 is 2.06 bits per heavy atom. The lowest BCUT2D eigenvalue weighted by molar-refractivity contribution is 0.713. The lowest BCUT2D eigenvalue weighted by Gasteiger charge is -2.09. The first-order valence-electron chi connectivity index (χ1n) is 5.56. The van der Waals surface area contributed by atoms with E-state index in [0.717, 1.165) is 22.4 Å². The fraction of sp³-hybridized carbons (Fsp3) is 0.308. The predicted molar refractivity (Wildman–Crippen MR) is 74.2 cm³/mol. The number of hydrogen-bond donors (Lipinski definition) is 1. The molecule has 0 aliphatic heterocycles. The van der Waals surface area contributed by atoms with Gasteiger partial charge in [-0.1, -0.05) is 15.9 Å². The zero-order valence-electron chi connectivity index (χ0n) is 10.3. The summed E-state index contributed by atoms with van der Waals surface area (Å²) < 4.78 is 3.02. The van der Waals surface area contributed by atoms with Crippen LogP contribution in [0.15, 0.2) is 28.7 Å². The number of halogens is 1. The van der Waals surface area contributed by atoms with Gasteiger partial charge in [0, 0.05) is 17.2 Å². The molecule has 1 aromatic carbocycles. The Labute approximate surface area is 110 Å². The SMILES string of the molecule is Cc1cc(CNc2ccc(Br)cc2C)n(C)n1. The van der Waals surface area contributed by atoms with Gasteiger partial charge in [0.1, 0.15) is 0 Å². The highest BCUT2D eigenvalue weighted by molar-refractivity contribution is 9.10. The molecule has 2 rings (SSSR count). The van der Waals surface area contributed by atoms with Gasteiger partial charge in [-0.2, -0.15) is 5.10 Å². The Hall–Kier alpha value is -1.29. The van der Waals surface area contributed by atoms with Crippen LogP contribution in [0.25, 0.3) is 0 Å². The van der Waals surface area contributed by atoms with E-state index >= 15 is 0 Å². The lowest BCUT2D eigenvalue weighted by atomic mass is 10.2. The topological polar surface area (TPSA) is 29.9 Å². The van der Waals surface area contributed by atoms with Crippen LogP contribution in [0.5, 0.6) is 0 Å². The summed E-state index contributed by atoms with van der Waals surface area (Å²) >= 11 is 3.47. The second-order valence-electron chi connectivity index (χ2n) is 4.21. The summed E-state index contributed by atoms with van der Waals surface area (Å²) in [5.74, 6) is 0. The van der Waals surface area contributed by atoms with Crippen molar-refractivity contribution < 1.29 is 0 Å². The minimum Gasteiger partial charge on any atom is -0.379 e. The van der Waals surface area contributed by atoms with Gasteiger partial charge in [-0.15, -0.1) is 0 Å². The summed E-state index contributed by atoms with van der Waals surface area (Å²) in [7, 11) is 1.97. The molecule has 0 spiro atoms. The van der Waals surface area contributed by atoms with Crippen LogP contribution in [0.3, 0.4) is 0 Å². The molecule has 0 saturated heterocycles. The number of nitrogens with one attached hydrogen (secondary N) is 1. The molecule has 0 fully saturated rings. The zero-order chi connectivity index (χ0) is 12.4. The van der Waals surface area contributed by atoms with Crippen LogP contribution in [0.1, 0.15) is 17.0 Å². The number of nitrogens with zero attached hydrogens (tertiary/aromatic N) is 2. The monoisotopic (exact) mass is 293 g/mol. The molecule has 0 atom stereocenters. The van der Waals surface area contributed by atoms with E-state index < -0.39 is 0 Å². The summed E-state index contributed by atoms with van der Waals surface area (Å²) in [6.07, 6.45) is 0. The average molecular weight is 294 g/mol. The summed E-state index contributed by atoms with van der Waals surface area (Å²) in [5.41, 5.74) is 4.63. The van der Waals surface area contributed by atoms with E-state index in [0.29, 0.717) is 0 Å². The van der Waals surface area contributed by atoms with Crippen molar-refractivity contribution in [2.24, 2.45) is 7.05 Å². The molecule has 0 radical (unpaired) electrons. The van der Waals surface area contributed by atoms with Crippen molar-refractivity contribution in [3.8, 4) is 0 Å². The number of rotatable bonds is 3. The molecule has 0 unspecified atom stereocenters. The van der Waals surface area contributed by atoms with Gasteiger partial charge in [0.15, 0.2) is 0 Å². The van der Waals surface area contributed by atoms with E-state index in [1.807, 2.05) is 24.7 Å². The molecule has 2 aromatic rings. The minimum atomic E-state index is 0.791. The molecule has 4 heteroatoms. The maximum absolute atomic E-state index is 4.33. The Morgan fingerprint density at radius 1 is 1.29 bits per heavy atom. The largest absolute Gasteiger partial charge is 0.379 e. The van der Waals surface area contributed by atoms with Crippen LogP contribution in [0, 0.1) is 13.8 Å². The summed E-state index contributed by atoms with van der Waals surface area (Å²) in [6, 6.07) is 8.34. The molecule has 3 nitrogen and oxygen atoms in total. The highest BCUT2D eigenvalue weighted by Gasteiger charge is 2.03. The number of benzene rings is 1. The molecular formula is C13H16BrN3. The molecule has 1 N–H and O–H groups in total. The molecule has 1 aromatic heterocycles. The van der Waals surface area contributed by atoms with Gasteiger partial charge in [-0.3, -0.25) is 4.68 Å². The molecule has 0 bridgehead atoms. The molecule has 0 aliphatic carbocycles. The zero-order valence-corrected chi connectivity index (χ0v) is 11.9. The van der Waals surface area contributed by atoms with Gasteiger partial charge in [-0.25, -0.2) is 0 Å². The van der Waals surface area contributed by atoms with Crippen LogP contribution in [0.2, 0.25) is 0 Å². The van der Waals surface area contributed by atoms with Crippen LogP contribution >= 0.6 is 15.9 Å². The normalized spacial score (nSPS) is 10.6. The van der Waals surface area contributed by atoms with Gasteiger partial charge in [0.25, 0.3) is 0 Å². The van der Waals surface area contributed by atoms with Gasteiger partial charge < -0.3 is 5.32 Å². The molecule has 0 aliphatic rings. The first-order valence-corrected chi connectivity index (χ1v) is 6.35. The molecule has 0 saturated carbocycles. The number of aryl methyl sites for hydroxylation is 3. The third-order valence-electron chi connectivity index (χ3n) is 2.75. The van der Waals surface area contributed by atoms with E-state index in [-0.39, 0.29) is 0 Å². The highest BCUT2D eigenvalue weighted by Crippen LogP contribution is 2.20. The van der Waals surface area contributed by atoms with Crippen LogP contribution in [0.4, 0.5) is 5.69 Å². The van der Waals surface area contributed by atoms with Crippen LogP contribution in [-0.4, -0.2) is 9.78 Å². The molecule has 0 amide bonds. The standard InChI is InChI=1S/C13H16BrN3/c1-9-6-11(14)4-5-13(9)15-8-12-7-10(2)16-17(12)3/h4-7,15H,8H2,1-3H3. The summed E-state index contributed by atoms with van der Waals surface area (Å²) in [4.78, 5) is 0. The number of hydrogen-bond acceptors (Lipinski definition) is 2. The van der Waals surface area contributed by atoms with E-state index in [9.17, 15) is 0 Å². The Morgan fingerprint density at radius 3 is 2.65 bits per heavy atom. The first kappa shape index (κ1) is 12.2. The smallest absolute Gasteiger partial charge is 0.0597 e. The van der Waals surface area contributed by atoms with Gasteiger partial charge in [-0.05, 0) is 43.7 Å². The molecular weight excluding hydrogens is 278 g/mol. The van der Waals surface area contributed by atoms with Crippen molar-refractivity contribution in [3.63, 3.8) is 0 Å². The van der Waals surface area contributed by atoms with E-state index in [2.05, 4.69) is 51.5 Å². The van der Waals surface area contributed by atoms with Crippen molar-refractivity contribution in [2.45, 2.75) is 20.4 Å². The first-order chi connectivity index (χ1) is 8.06. The fourth-order valence-electron chi connectivity index (χ4n) is 1.84. The van der Waals surface area contributed by atoms with Gasteiger partial charge in [0.05, 0.1) is 17.9 Å². The maximum atomic E-state index is 4.33. The molecule has 1 heterocycles. The number of aromatic nitrogens is 2. The van der Waals surface area contributed by atoms with Crippen molar-refractivity contribution in [2.75, 3.05) is 5.32 Å². The molecule has 90 valence electrons. The molecule has 17 heavy (non-hydrogen) atoms. The Bertz CT molecular complexity index is 531. The summed E-state index contributed by atoms with van der Waals surface area (Å²) in [5, 5.41) is 7.76. The van der Waals surface area contributed by atoms with E-state index in [1.54, 1.807) is 0 Å². The van der Waals surface area contributed by atoms with Crippen molar-refractivity contribution in [1.29, 1.82) is 0 Å². The highest BCUT2D eigenvalue weighted by atomic mass is 79.9. The quantitative estimate of drug-likeness (QED) is 0.940. The van der Waals surface area contributed by atoms with E-state index in [1.165, 1.54) is 11.3 Å². The predicted octanol–water partition coefficient (Wildman–Crippen LogP) is 3.41. The van der Waals surface area contributed by atoms with Crippen LogP contribution < -0.4 is 5.32 Å². The van der Waals surface area contributed by atoms with E-state index in [4.69, 9.17) is 0 Å². The second-order valence-corrected chi connectivity index (χ2v) is 5.13. The third kappa shape index (κ3) is 2.88. The van der Waals surface area contributed by atoms with Gasteiger partial charge >= 0.3 is 0 Å². The van der Waals surface area contributed by atoms with Crippen molar-refractivity contribution >= 4 is 21.6 Å². The Kier molecular flexibility index (Phi) is 3.52. The maximum Gasteiger partial charge on any atom is 0.0597 e. The van der Waals surface area contributed by atoms with Crippen LogP contribution in [-0.2, 0) is 13.6 Å². The fourth-order valence-corrected chi connectivity index (χ4v) is 2.32. The van der Waals surface area contributed by atoms with Gasteiger partial charge in [0.2, 0.25) is 0 Å². The minimum absolute atomic E-state index is 0.791. The lowest BCUT2D eigenvalue weighted by Crippen LogP contribution is -2.06. The third-order valence-corrected chi connectivity index (χ3v) is 3.24. The van der Waals surface area contributed by atoms with Crippen molar-refractivity contribution in [3.05, 3.63) is 45.7 Å². The number of anilines is 1. The summed E-state index contributed by atoms with van der Waals surface area (Å²) in [6.45, 7) is 4.90. The Balaban J connectivity index is 2.10.